The molecular weight excluding hydrogens is 236 g/mol. The first-order valence-electron chi connectivity index (χ1n) is 5.39. The van der Waals surface area contributed by atoms with Crippen LogP contribution in [0.2, 0.25) is 0 Å². The Hall–Kier alpha value is -2.42. The largest absolute Gasteiger partial charge is 0.462 e. The minimum Gasteiger partial charge on any atom is -0.462 e. The van der Waals surface area contributed by atoms with Crippen molar-refractivity contribution in [2.75, 3.05) is 13.2 Å². The van der Waals surface area contributed by atoms with Gasteiger partial charge in [-0.1, -0.05) is 0 Å². The zero-order chi connectivity index (χ0) is 13.5. The number of nitriles is 1. The van der Waals surface area contributed by atoms with Crippen LogP contribution in [0.3, 0.4) is 0 Å². The molecule has 0 aliphatic heterocycles. The molecule has 0 unspecified atom stereocenters. The fraction of sp³-hybridized carbons (Fsp3) is 0.333. The second kappa shape index (κ2) is 6.35. The molecule has 1 heterocycles. The minimum absolute atomic E-state index is 0.0125. The van der Waals surface area contributed by atoms with E-state index in [1.807, 2.05) is 0 Å². The van der Waals surface area contributed by atoms with Crippen LogP contribution in [0.15, 0.2) is 12.1 Å². The van der Waals surface area contributed by atoms with Crippen LogP contribution in [0.1, 0.15) is 40.4 Å². The Bertz CT molecular complexity index is 505. The van der Waals surface area contributed by atoms with E-state index in [9.17, 15) is 9.59 Å². The molecule has 0 saturated heterocycles. The molecule has 94 valence electrons. The molecule has 0 amide bonds. The van der Waals surface area contributed by atoms with Crippen molar-refractivity contribution in [3.05, 3.63) is 29.1 Å². The Kier molecular flexibility index (Phi) is 4.81. The van der Waals surface area contributed by atoms with Gasteiger partial charge in [0.25, 0.3) is 0 Å². The zero-order valence-electron chi connectivity index (χ0n) is 10.1. The molecule has 0 N–H and O–H groups in total. The predicted octanol–water partition coefficient (Wildman–Crippen LogP) is 1.31. The van der Waals surface area contributed by atoms with Crippen LogP contribution in [0.5, 0.6) is 0 Å². The standard InChI is InChI=1S/C12H12N2O4/c1-3-17-11(15)8-5-6-9(12(16)18-4-2)14-10(8)7-13/h5-6H,3-4H2,1-2H3. The first-order valence-corrected chi connectivity index (χ1v) is 5.39. The number of pyridine rings is 1. The average molecular weight is 248 g/mol. The van der Waals surface area contributed by atoms with E-state index < -0.39 is 11.9 Å². The number of ether oxygens (including phenoxy) is 2. The molecule has 1 aromatic rings. The van der Waals surface area contributed by atoms with Gasteiger partial charge in [-0.15, -0.1) is 0 Å². The van der Waals surface area contributed by atoms with Crippen LogP contribution < -0.4 is 0 Å². The van der Waals surface area contributed by atoms with Crippen LogP contribution in [0.4, 0.5) is 0 Å². The van der Waals surface area contributed by atoms with E-state index in [4.69, 9.17) is 14.7 Å². The fourth-order valence-electron chi connectivity index (χ4n) is 1.24. The van der Waals surface area contributed by atoms with Gasteiger partial charge >= 0.3 is 11.9 Å². The fourth-order valence-corrected chi connectivity index (χ4v) is 1.24. The van der Waals surface area contributed by atoms with Crippen molar-refractivity contribution < 1.29 is 19.1 Å². The molecule has 6 heteroatoms. The third kappa shape index (κ3) is 3.04. The quantitative estimate of drug-likeness (QED) is 0.746. The van der Waals surface area contributed by atoms with Gasteiger partial charge in [-0.05, 0) is 26.0 Å². The summed E-state index contributed by atoms with van der Waals surface area (Å²) in [7, 11) is 0. The summed E-state index contributed by atoms with van der Waals surface area (Å²) in [4.78, 5) is 26.7. The third-order valence-electron chi connectivity index (χ3n) is 1.98. The number of hydrogen-bond donors (Lipinski definition) is 0. The van der Waals surface area contributed by atoms with Gasteiger partial charge in [-0.3, -0.25) is 0 Å². The molecule has 0 bridgehead atoms. The number of rotatable bonds is 4. The predicted molar refractivity (Wildman–Crippen MR) is 60.9 cm³/mol. The van der Waals surface area contributed by atoms with E-state index in [1.165, 1.54) is 12.1 Å². The Morgan fingerprint density at radius 1 is 1.22 bits per heavy atom. The Morgan fingerprint density at radius 2 is 1.83 bits per heavy atom. The molecule has 0 aliphatic rings. The Morgan fingerprint density at radius 3 is 2.39 bits per heavy atom. The summed E-state index contributed by atoms with van der Waals surface area (Å²) < 4.78 is 9.52. The summed E-state index contributed by atoms with van der Waals surface area (Å²) in [6, 6.07) is 4.41. The summed E-state index contributed by atoms with van der Waals surface area (Å²) in [5.74, 6) is -1.28. The normalized spacial score (nSPS) is 9.39. The molecule has 0 aliphatic carbocycles. The molecular formula is C12H12N2O4. The molecule has 0 spiro atoms. The Balaban J connectivity index is 3.08. The van der Waals surface area contributed by atoms with Gasteiger partial charge < -0.3 is 9.47 Å². The average Bonchev–Trinajstić information content (AvgIpc) is 2.38. The van der Waals surface area contributed by atoms with E-state index in [0.717, 1.165) is 0 Å². The molecule has 0 atom stereocenters. The topological polar surface area (TPSA) is 89.3 Å². The second-order valence-corrected chi connectivity index (χ2v) is 3.15. The monoisotopic (exact) mass is 248 g/mol. The van der Waals surface area contributed by atoms with Crippen molar-refractivity contribution in [3.8, 4) is 6.07 Å². The lowest BCUT2D eigenvalue weighted by molar-refractivity contribution is 0.0505. The molecule has 0 fully saturated rings. The number of hydrogen-bond acceptors (Lipinski definition) is 6. The van der Waals surface area contributed by atoms with Crippen LogP contribution in [0.25, 0.3) is 0 Å². The lowest BCUT2D eigenvalue weighted by atomic mass is 10.2. The number of nitrogens with zero attached hydrogens (tertiary/aromatic N) is 2. The van der Waals surface area contributed by atoms with Crippen LogP contribution in [-0.2, 0) is 9.47 Å². The highest BCUT2D eigenvalue weighted by Crippen LogP contribution is 2.10. The number of aromatic nitrogens is 1. The highest BCUT2D eigenvalue weighted by molar-refractivity contribution is 5.93. The van der Waals surface area contributed by atoms with Gasteiger partial charge in [0.1, 0.15) is 11.8 Å². The SMILES string of the molecule is CCOC(=O)c1ccc(C(=O)OCC)c(C#N)n1. The lowest BCUT2D eigenvalue weighted by Crippen LogP contribution is -2.12. The molecule has 0 saturated carbocycles. The highest BCUT2D eigenvalue weighted by atomic mass is 16.5. The van der Waals surface area contributed by atoms with Crippen molar-refractivity contribution in [1.29, 1.82) is 5.26 Å². The lowest BCUT2D eigenvalue weighted by Gasteiger charge is -2.05. The molecule has 6 nitrogen and oxygen atoms in total. The van der Waals surface area contributed by atoms with E-state index in [2.05, 4.69) is 4.98 Å². The summed E-state index contributed by atoms with van der Waals surface area (Å²) in [5, 5.41) is 8.90. The molecule has 1 rings (SSSR count). The summed E-state index contributed by atoms with van der Waals surface area (Å²) in [6.45, 7) is 3.73. The molecule has 18 heavy (non-hydrogen) atoms. The number of carbonyl (C=O) groups is 2. The van der Waals surface area contributed by atoms with Gasteiger partial charge in [0.15, 0.2) is 5.69 Å². The van der Waals surface area contributed by atoms with Gasteiger partial charge in [0.05, 0.1) is 18.8 Å². The van der Waals surface area contributed by atoms with Crippen LogP contribution >= 0.6 is 0 Å². The summed E-state index contributed by atoms with van der Waals surface area (Å²) >= 11 is 0. The molecule has 0 aromatic carbocycles. The molecule has 0 radical (unpaired) electrons. The van der Waals surface area contributed by atoms with Gasteiger partial charge in [0.2, 0.25) is 0 Å². The first-order chi connectivity index (χ1) is 8.63. The summed E-state index contributed by atoms with van der Waals surface area (Å²) in [6.07, 6.45) is 0. The van der Waals surface area contributed by atoms with Crippen molar-refractivity contribution in [2.45, 2.75) is 13.8 Å². The Labute approximate surface area is 104 Å². The summed E-state index contributed by atoms with van der Waals surface area (Å²) in [5.41, 5.74) is -0.132. The second-order valence-electron chi connectivity index (χ2n) is 3.15. The van der Waals surface area contributed by atoms with Crippen molar-refractivity contribution in [2.24, 2.45) is 0 Å². The van der Waals surface area contributed by atoms with E-state index in [1.54, 1.807) is 19.9 Å². The highest BCUT2D eigenvalue weighted by Gasteiger charge is 2.17. The van der Waals surface area contributed by atoms with Crippen molar-refractivity contribution >= 4 is 11.9 Å². The zero-order valence-corrected chi connectivity index (χ0v) is 10.1. The van der Waals surface area contributed by atoms with Crippen LogP contribution in [-0.4, -0.2) is 30.1 Å². The maximum atomic E-state index is 11.5. The molecule has 1 aromatic heterocycles. The third-order valence-corrected chi connectivity index (χ3v) is 1.98. The van der Waals surface area contributed by atoms with E-state index in [-0.39, 0.29) is 30.2 Å². The minimum atomic E-state index is -0.642. The van der Waals surface area contributed by atoms with Gasteiger partial charge in [-0.25, -0.2) is 14.6 Å². The van der Waals surface area contributed by atoms with Gasteiger partial charge in [0, 0.05) is 0 Å². The van der Waals surface area contributed by atoms with Crippen molar-refractivity contribution in [1.82, 2.24) is 4.98 Å². The first kappa shape index (κ1) is 13.6. The smallest absolute Gasteiger partial charge is 0.356 e. The van der Waals surface area contributed by atoms with E-state index in [0.29, 0.717) is 0 Å². The van der Waals surface area contributed by atoms with Gasteiger partial charge in [-0.2, -0.15) is 5.26 Å². The van der Waals surface area contributed by atoms with E-state index >= 15 is 0 Å². The van der Waals surface area contributed by atoms with Crippen LogP contribution in [0, 0.1) is 11.3 Å². The number of esters is 2. The maximum Gasteiger partial charge on any atom is 0.356 e. The van der Waals surface area contributed by atoms with Crippen molar-refractivity contribution in [3.63, 3.8) is 0 Å². The maximum absolute atomic E-state index is 11.5. The number of carbonyl (C=O) groups excluding carboxylic acids is 2.